The third-order valence-electron chi connectivity index (χ3n) is 3.98. The summed E-state index contributed by atoms with van der Waals surface area (Å²) in [6, 6.07) is 8.21. The van der Waals surface area contributed by atoms with E-state index in [0.29, 0.717) is 10.8 Å². The Morgan fingerprint density at radius 1 is 1.33 bits per heavy atom. The molecular formula is C18H15FN2O6. The zero-order valence-corrected chi connectivity index (χ0v) is 14.2. The summed E-state index contributed by atoms with van der Waals surface area (Å²) < 4.78 is 25.2. The molecule has 2 aromatic carbocycles. The monoisotopic (exact) mass is 374 g/mol. The molecule has 9 heteroatoms. The second kappa shape index (κ2) is 7.32. The van der Waals surface area contributed by atoms with Gasteiger partial charge < -0.3 is 19.1 Å². The fraction of sp³-hybridized carbons (Fsp3) is 0.167. The maximum Gasteiger partial charge on any atom is 0.346 e. The van der Waals surface area contributed by atoms with E-state index in [9.17, 15) is 24.4 Å². The van der Waals surface area contributed by atoms with Gasteiger partial charge in [0.05, 0.1) is 18.5 Å². The summed E-state index contributed by atoms with van der Waals surface area (Å²) in [4.78, 5) is 21.5. The highest BCUT2D eigenvalue weighted by Gasteiger charge is 2.22. The van der Waals surface area contributed by atoms with Crippen LogP contribution in [0.2, 0.25) is 0 Å². The molecule has 140 valence electrons. The summed E-state index contributed by atoms with van der Waals surface area (Å²) in [7, 11) is 1.28. The second-order valence-corrected chi connectivity index (χ2v) is 5.67. The van der Waals surface area contributed by atoms with Crippen molar-refractivity contribution in [2.75, 3.05) is 7.11 Å². The predicted octanol–water partition coefficient (Wildman–Crippen LogP) is 3.75. The van der Waals surface area contributed by atoms with E-state index in [1.165, 1.54) is 29.9 Å². The average molecular weight is 374 g/mol. The van der Waals surface area contributed by atoms with E-state index in [1.54, 1.807) is 18.3 Å². The molecule has 0 aliphatic carbocycles. The van der Waals surface area contributed by atoms with Gasteiger partial charge in [-0.05, 0) is 30.3 Å². The number of methoxy groups -OCH3 is 1. The maximum atomic E-state index is 13.7. The van der Waals surface area contributed by atoms with Gasteiger partial charge in [0.1, 0.15) is 5.75 Å². The summed E-state index contributed by atoms with van der Waals surface area (Å²) in [5.74, 6) is -1.42. The number of carbonyl (C=O) groups is 1. The first-order valence-corrected chi connectivity index (χ1v) is 7.90. The Morgan fingerprint density at radius 3 is 2.81 bits per heavy atom. The van der Waals surface area contributed by atoms with Crippen LogP contribution in [-0.2, 0) is 16.1 Å². The minimum Gasteiger partial charge on any atom is -0.494 e. The van der Waals surface area contributed by atoms with Crippen LogP contribution in [-0.4, -0.2) is 27.7 Å². The number of benzene rings is 2. The number of carbonyl (C=O) groups excluding carboxylic acids is 1. The molecule has 0 amide bonds. The smallest absolute Gasteiger partial charge is 0.346 e. The van der Waals surface area contributed by atoms with Crippen molar-refractivity contribution in [3.05, 3.63) is 58.5 Å². The third kappa shape index (κ3) is 3.66. The average Bonchev–Trinajstić information content (AvgIpc) is 2.94. The van der Waals surface area contributed by atoms with Crippen molar-refractivity contribution >= 4 is 22.4 Å². The molecule has 1 heterocycles. The number of hydrogen-bond acceptors (Lipinski definition) is 6. The molecule has 0 saturated heterocycles. The highest BCUT2D eigenvalue weighted by Crippen LogP contribution is 2.36. The molecule has 0 aliphatic heterocycles. The fourth-order valence-corrected chi connectivity index (χ4v) is 2.66. The molecule has 0 saturated carbocycles. The number of esters is 1. The lowest BCUT2D eigenvalue weighted by atomic mass is 10.2. The normalized spacial score (nSPS) is 10.7. The van der Waals surface area contributed by atoms with Crippen LogP contribution in [0.3, 0.4) is 0 Å². The molecule has 0 bridgehead atoms. The summed E-state index contributed by atoms with van der Waals surface area (Å²) in [5, 5.41) is 22.4. The molecule has 8 nitrogen and oxygen atoms in total. The van der Waals surface area contributed by atoms with Crippen LogP contribution in [0.1, 0.15) is 6.42 Å². The topological polar surface area (TPSA) is 104 Å². The largest absolute Gasteiger partial charge is 0.494 e. The molecule has 1 aromatic heterocycles. The van der Waals surface area contributed by atoms with Crippen molar-refractivity contribution in [2.45, 2.75) is 13.0 Å². The van der Waals surface area contributed by atoms with Gasteiger partial charge in [-0.2, -0.15) is 4.39 Å². The number of halogens is 1. The molecular weight excluding hydrogens is 359 g/mol. The summed E-state index contributed by atoms with van der Waals surface area (Å²) >= 11 is 0. The van der Waals surface area contributed by atoms with Crippen molar-refractivity contribution in [1.29, 1.82) is 0 Å². The molecule has 0 atom stereocenters. The van der Waals surface area contributed by atoms with E-state index in [2.05, 4.69) is 4.74 Å². The lowest BCUT2D eigenvalue weighted by molar-refractivity contribution is -0.388. The first-order valence-electron chi connectivity index (χ1n) is 7.90. The molecule has 0 spiro atoms. The summed E-state index contributed by atoms with van der Waals surface area (Å²) in [5.41, 5.74) is -0.754. The lowest BCUT2D eigenvalue weighted by Gasteiger charge is -2.06. The maximum absolute atomic E-state index is 13.7. The number of para-hydroxylation sites is 1. The molecule has 3 rings (SSSR count). The molecule has 0 radical (unpaired) electrons. The zero-order chi connectivity index (χ0) is 19.6. The highest BCUT2D eigenvalue weighted by atomic mass is 19.1. The number of fused-ring (bicyclic) bond motifs is 1. The lowest BCUT2D eigenvalue weighted by Crippen LogP contribution is -2.05. The summed E-state index contributed by atoms with van der Waals surface area (Å²) in [6.45, 7) is 0.221. The van der Waals surface area contributed by atoms with Crippen molar-refractivity contribution in [2.24, 2.45) is 0 Å². The third-order valence-corrected chi connectivity index (χ3v) is 3.98. The molecule has 0 fully saturated rings. The van der Waals surface area contributed by atoms with Crippen LogP contribution < -0.4 is 4.74 Å². The Morgan fingerprint density at radius 2 is 2.11 bits per heavy atom. The number of aromatic hydroxyl groups is 1. The van der Waals surface area contributed by atoms with E-state index >= 15 is 0 Å². The Labute approximate surface area is 152 Å². The van der Waals surface area contributed by atoms with Crippen LogP contribution in [0, 0.1) is 15.9 Å². The van der Waals surface area contributed by atoms with Crippen molar-refractivity contribution in [3.8, 4) is 17.4 Å². The van der Waals surface area contributed by atoms with Crippen LogP contribution in [0.4, 0.5) is 10.1 Å². The first-order chi connectivity index (χ1) is 12.9. The van der Waals surface area contributed by atoms with Crippen LogP contribution in [0.15, 0.2) is 42.6 Å². The molecule has 0 unspecified atom stereocenters. The van der Waals surface area contributed by atoms with Gasteiger partial charge >= 0.3 is 11.7 Å². The number of nitro benzene ring substituents is 1. The van der Waals surface area contributed by atoms with Gasteiger partial charge in [-0.25, -0.2) is 0 Å². The molecule has 3 aromatic rings. The number of rotatable bonds is 6. The standard InChI is InChI=1S/C18H15FN2O6/c1-26-16(22)7-8-20-10-11-9-12(5-6-13(11)18(20)23)27-15-4-2-3-14(19)17(15)21(24)25/h2-6,9-10,23H,7-8H2,1H3. The van der Waals surface area contributed by atoms with Gasteiger partial charge in [-0.15, -0.1) is 0 Å². The van der Waals surface area contributed by atoms with E-state index < -0.39 is 22.4 Å². The van der Waals surface area contributed by atoms with Gasteiger partial charge in [0, 0.05) is 23.5 Å². The Balaban J connectivity index is 1.91. The van der Waals surface area contributed by atoms with Gasteiger partial charge in [-0.1, -0.05) is 6.07 Å². The van der Waals surface area contributed by atoms with E-state index in [1.807, 2.05) is 0 Å². The Hall–Kier alpha value is -3.62. The SMILES string of the molecule is COC(=O)CCn1cc2cc(Oc3cccc(F)c3[N+](=O)[O-])ccc2c1O. The van der Waals surface area contributed by atoms with E-state index in [0.717, 1.165) is 6.07 Å². The van der Waals surface area contributed by atoms with Gasteiger partial charge in [0.15, 0.2) is 5.88 Å². The first kappa shape index (κ1) is 18.2. The predicted molar refractivity (Wildman–Crippen MR) is 93.4 cm³/mol. The van der Waals surface area contributed by atoms with Gasteiger partial charge in [-0.3, -0.25) is 14.9 Å². The zero-order valence-electron chi connectivity index (χ0n) is 14.2. The second-order valence-electron chi connectivity index (χ2n) is 5.67. The van der Waals surface area contributed by atoms with Crippen molar-refractivity contribution in [1.82, 2.24) is 4.57 Å². The quantitative estimate of drug-likeness (QED) is 0.400. The minimum absolute atomic E-state index is 0.0304. The highest BCUT2D eigenvalue weighted by molar-refractivity contribution is 5.89. The number of nitrogens with zero attached hydrogens (tertiary/aromatic N) is 2. The van der Waals surface area contributed by atoms with E-state index in [-0.39, 0.29) is 30.3 Å². The van der Waals surface area contributed by atoms with Crippen LogP contribution >= 0.6 is 0 Å². The number of aryl methyl sites for hydroxylation is 1. The number of aromatic nitrogens is 1. The van der Waals surface area contributed by atoms with E-state index in [4.69, 9.17) is 4.74 Å². The molecule has 0 aliphatic rings. The Kier molecular flexibility index (Phi) is 4.93. The number of hydrogen-bond donors (Lipinski definition) is 1. The number of ether oxygens (including phenoxy) is 2. The van der Waals surface area contributed by atoms with Crippen molar-refractivity contribution < 1.29 is 28.7 Å². The number of nitro groups is 1. The molecule has 27 heavy (non-hydrogen) atoms. The van der Waals surface area contributed by atoms with Crippen LogP contribution in [0.5, 0.6) is 17.4 Å². The molecule has 1 N–H and O–H groups in total. The van der Waals surface area contributed by atoms with Crippen LogP contribution in [0.25, 0.3) is 10.8 Å². The minimum atomic E-state index is -0.995. The van der Waals surface area contributed by atoms with Crippen molar-refractivity contribution in [3.63, 3.8) is 0 Å². The fourth-order valence-electron chi connectivity index (χ4n) is 2.66. The van der Waals surface area contributed by atoms with Gasteiger partial charge in [0.2, 0.25) is 11.6 Å². The van der Waals surface area contributed by atoms with Gasteiger partial charge in [0.25, 0.3) is 0 Å². The Bertz CT molecular complexity index is 1030. The summed E-state index contributed by atoms with van der Waals surface area (Å²) in [6.07, 6.45) is 1.70.